The lowest BCUT2D eigenvalue weighted by Gasteiger charge is -2.17. The summed E-state index contributed by atoms with van der Waals surface area (Å²) in [6.45, 7) is 4.30. The number of aryl methyl sites for hydroxylation is 1. The molecule has 1 aliphatic rings. The minimum atomic E-state index is -0.663. The summed E-state index contributed by atoms with van der Waals surface area (Å²) in [5.74, 6) is 0.109. The van der Waals surface area contributed by atoms with Crippen LogP contribution in [-0.4, -0.2) is 35.2 Å². The Balaban J connectivity index is 1.79. The van der Waals surface area contributed by atoms with Crippen molar-refractivity contribution in [1.29, 1.82) is 0 Å². The first-order chi connectivity index (χ1) is 11.5. The number of hydrogen-bond donors (Lipinski definition) is 1. The number of esters is 1. The molecule has 1 aromatic carbocycles. The smallest absolute Gasteiger partial charge is 0.338 e. The van der Waals surface area contributed by atoms with E-state index in [1.54, 1.807) is 19.9 Å². The summed E-state index contributed by atoms with van der Waals surface area (Å²) in [4.78, 5) is 29.6. The Kier molecular flexibility index (Phi) is 4.39. The van der Waals surface area contributed by atoms with Crippen LogP contribution < -0.4 is 10.2 Å². The molecule has 1 saturated heterocycles. The molecule has 2 aromatic rings. The first-order valence-corrected chi connectivity index (χ1v) is 7.69. The van der Waals surface area contributed by atoms with Crippen LogP contribution in [0.15, 0.2) is 22.7 Å². The number of nitrogens with zero attached hydrogens (tertiary/aromatic N) is 3. The average Bonchev–Trinajstić information content (AvgIpc) is 3.16. The van der Waals surface area contributed by atoms with Gasteiger partial charge in [-0.3, -0.25) is 4.90 Å². The lowest BCUT2D eigenvalue weighted by atomic mass is 10.2. The normalized spacial score (nSPS) is 15.3. The Labute approximate surface area is 142 Å². The molecule has 0 spiro atoms. The molecule has 24 heavy (non-hydrogen) atoms. The monoisotopic (exact) mass is 350 g/mol. The Morgan fingerprint density at radius 1 is 1.50 bits per heavy atom. The molecule has 2 heterocycles. The van der Waals surface area contributed by atoms with Gasteiger partial charge in [0.1, 0.15) is 0 Å². The van der Waals surface area contributed by atoms with Gasteiger partial charge in [0, 0.05) is 20.0 Å². The van der Waals surface area contributed by atoms with Gasteiger partial charge >= 0.3 is 12.0 Å². The minimum absolute atomic E-state index is 0.252. The van der Waals surface area contributed by atoms with Crippen molar-refractivity contribution in [1.82, 2.24) is 15.5 Å². The third kappa shape index (κ3) is 3.18. The fraction of sp³-hybridized carbons (Fsp3) is 0.333. The molecule has 1 unspecified atom stereocenters. The van der Waals surface area contributed by atoms with Gasteiger partial charge < -0.3 is 14.6 Å². The summed E-state index contributed by atoms with van der Waals surface area (Å²) < 4.78 is 10.2. The van der Waals surface area contributed by atoms with Crippen molar-refractivity contribution in [3.05, 3.63) is 40.5 Å². The van der Waals surface area contributed by atoms with Gasteiger partial charge in [0.25, 0.3) is 0 Å². The van der Waals surface area contributed by atoms with Gasteiger partial charge in [-0.15, -0.1) is 0 Å². The van der Waals surface area contributed by atoms with E-state index in [-0.39, 0.29) is 17.4 Å². The SMILES string of the molecule is Cc1nc(C(C)OC(=O)c2ccc(Cl)c(N3CCNC3=O)c2)no1. The summed E-state index contributed by atoms with van der Waals surface area (Å²) in [5, 5.41) is 6.79. The van der Waals surface area contributed by atoms with E-state index in [1.807, 2.05) is 0 Å². The first kappa shape index (κ1) is 16.3. The topological polar surface area (TPSA) is 97.6 Å². The van der Waals surface area contributed by atoms with Gasteiger partial charge in [0.15, 0.2) is 6.10 Å². The maximum atomic E-state index is 12.3. The number of hydrogen-bond acceptors (Lipinski definition) is 6. The number of aromatic nitrogens is 2. The highest BCUT2D eigenvalue weighted by molar-refractivity contribution is 6.34. The quantitative estimate of drug-likeness (QED) is 0.851. The molecular weight excluding hydrogens is 336 g/mol. The zero-order valence-corrected chi connectivity index (χ0v) is 13.8. The van der Waals surface area contributed by atoms with Gasteiger partial charge in [-0.25, -0.2) is 9.59 Å². The highest BCUT2D eigenvalue weighted by Crippen LogP contribution is 2.29. The van der Waals surface area contributed by atoms with E-state index in [0.29, 0.717) is 29.7 Å². The average molecular weight is 351 g/mol. The van der Waals surface area contributed by atoms with Crippen LogP contribution in [0.3, 0.4) is 0 Å². The standard InChI is InChI=1S/C15H15ClN4O4/c1-8(13-18-9(2)24-19-13)23-14(21)10-3-4-11(16)12(7-10)20-6-5-17-15(20)22/h3-4,7-8H,5-6H2,1-2H3,(H,17,22). The zero-order chi connectivity index (χ0) is 17.3. The molecule has 3 rings (SSSR count). The fourth-order valence-corrected chi connectivity index (χ4v) is 2.53. The predicted molar refractivity (Wildman–Crippen MR) is 85.1 cm³/mol. The molecule has 0 aliphatic carbocycles. The molecule has 8 nitrogen and oxygen atoms in total. The molecule has 2 amide bonds. The number of benzene rings is 1. The highest BCUT2D eigenvalue weighted by Gasteiger charge is 2.25. The van der Waals surface area contributed by atoms with Crippen LogP contribution in [0.5, 0.6) is 0 Å². The van der Waals surface area contributed by atoms with Crippen LogP contribution in [0.1, 0.15) is 35.1 Å². The number of ether oxygens (including phenoxy) is 1. The van der Waals surface area contributed by atoms with Gasteiger partial charge in [-0.05, 0) is 25.1 Å². The number of carbonyl (C=O) groups is 2. The van der Waals surface area contributed by atoms with Crippen molar-refractivity contribution >= 4 is 29.3 Å². The maximum Gasteiger partial charge on any atom is 0.338 e. The largest absolute Gasteiger partial charge is 0.451 e. The van der Waals surface area contributed by atoms with Crippen molar-refractivity contribution in [2.24, 2.45) is 0 Å². The summed E-state index contributed by atoms with van der Waals surface area (Å²) in [6, 6.07) is 4.38. The number of rotatable bonds is 4. The third-order valence-corrected chi connectivity index (χ3v) is 3.84. The Hall–Kier alpha value is -2.61. The molecule has 0 saturated carbocycles. The minimum Gasteiger partial charge on any atom is -0.451 e. The van der Waals surface area contributed by atoms with Crippen LogP contribution in [0, 0.1) is 6.92 Å². The summed E-state index contributed by atoms with van der Waals surface area (Å²) >= 11 is 6.14. The Morgan fingerprint density at radius 3 is 2.92 bits per heavy atom. The van der Waals surface area contributed by atoms with Crippen LogP contribution in [0.25, 0.3) is 0 Å². The van der Waals surface area contributed by atoms with Crippen molar-refractivity contribution in [3.63, 3.8) is 0 Å². The zero-order valence-electron chi connectivity index (χ0n) is 13.1. The molecule has 1 fully saturated rings. The van der Waals surface area contributed by atoms with Crippen molar-refractivity contribution < 1.29 is 18.8 Å². The molecular formula is C15H15ClN4O4. The van der Waals surface area contributed by atoms with Crippen molar-refractivity contribution in [3.8, 4) is 0 Å². The summed E-state index contributed by atoms with van der Waals surface area (Å²) in [7, 11) is 0. The van der Waals surface area contributed by atoms with E-state index in [2.05, 4.69) is 15.5 Å². The number of carbonyl (C=O) groups excluding carboxylic acids is 2. The Morgan fingerprint density at radius 2 is 2.29 bits per heavy atom. The highest BCUT2D eigenvalue weighted by atomic mass is 35.5. The van der Waals surface area contributed by atoms with E-state index in [4.69, 9.17) is 20.9 Å². The van der Waals surface area contributed by atoms with Gasteiger partial charge in [-0.1, -0.05) is 16.8 Å². The number of anilines is 1. The van der Waals surface area contributed by atoms with E-state index in [1.165, 1.54) is 17.0 Å². The lowest BCUT2D eigenvalue weighted by Crippen LogP contribution is -2.28. The molecule has 1 aromatic heterocycles. The van der Waals surface area contributed by atoms with E-state index >= 15 is 0 Å². The predicted octanol–water partition coefficient (Wildman–Crippen LogP) is 2.48. The van der Waals surface area contributed by atoms with Crippen LogP contribution in [0.4, 0.5) is 10.5 Å². The second-order valence-electron chi connectivity index (χ2n) is 5.27. The third-order valence-electron chi connectivity index (χ3n) is 3.52. The molecule has 1 aliphatic heterocycles. The summed E-state index contributed by atoms with van der Waals surface area (Å²) in [5.41, 5.74) is 0.741. The first-order valence-electron chi connectivity index (χ1n) is 7.32. The number of nitrogens with one attached hydrogen (secondary N) is 1. The molecule has 0 bridgehead atoms. The molecule has 1 N–H and O–H groups in total. The molecule has 1 atom stereocenters. The van der Waals surface area contributed by atoms with E-state index in [0.717, 1.165) is 0 Å². The van der Waals surface area contributed by atoms with E-state index < -0.39 is 12.1 Å². The lowest BCUT2D eigenvalue weighted by molar-refractivity contribution is 0.0315. The molecule has 126 valence electrons. The summed E-state index contributed by atoms with van der Waals surface area (Å²) in [6.07, 6.45) is -0.663. The number of amides is 2. The van der Waals surface area contributed by atoms with E-state index in [9.17, 15) is 9.59 Å². The second-order valence-corrected chi connectivity index (χ2v) is 5.68. The second kappa shape index (κ2) is 6.48. The van der Waals surface area contributed by atoms with Crippen molar-refractivity contribution in [2.45, 2.75) is 20.0 Å². The van der Waals surface area contributed by atoms with Crippen LogP contribution >= 0.6 is 11.6 Å². The van der Waals surface area contributed by atoms with Gasteiger partial charge in [-0.2, -0.15) is 4.98 Å². The van der Waals surface area contributed by atoms with Crippen LogP contribution in [-0.2, 0) is 4.74 Å². The molecule has 0 radical (unpaired) electrons. The Bertz CT molecular complexity index is 792. The maximum absolute atomic E-state index is 12.3. The van der Waals surface area contributed by atoms with Gasteiger partial charge in [0.2, 0.25) is 11.7 Å². The van der Waals surface area contributed by atoms with Crippen molar-refractivity contribution in [2.75, 3.05) is 18.0 Å². The fourth-order valence-electron chi connectivity index (χ4n) is 2.31. The van der Waals surface area contributed by atoms with Crippen LogP contribution in [0.2, 0.25) is 5.02 Å². The number of halogens is 1. The van der Waals surface area contributed by atoms with Gasteiger partial charge in [0.05, 0.1) is 16.3 Å². The molecule has 9 heteroatoms. The number of urea groups is 1.